The zero-order valence-electron chi connectivity index (χ0n) is 12.1. The van der Waals surface area contributed by atoms with Crippen molar-refractivity contribution in [3.05, 3.63) is 0 Å². The molecule has 0 spiro atoms. The number of hydrogen-bond acceptors (Lipinski definition) is 2. The number of nitrogens with one attached hydrogen (secondary N) is 2. The Kier molecular flexibility index (Phi) is 7.14. The average Bonchev–Trinajstić information content (AvgIpc) is 2.28. The highest BCUT2D eigenvalue weighted by molar-refractivity contribution is 4.73. The van der Waals surface area contributed by atoms with Crippen LogP contribution in [0.1, 0.15) is 65.7 Å². The van der Waals surface area contributed by atoms with Gasteiger partial charge in [-0.05, 0) is 50.7 Å². The molecular weight excluding hydrogens is 208 g/mol. The van der Waals surface area contributed by atoms with Gasteiger partial charge in [0.2, 0.25) is 0 Å². The summed E-state index contributed by atoms with van der Waals surface area (Å²) in [5, 5.41) is 7.10. The molecule has 1 rings (SSSR count). The van der Waals surface area contributed by atoms with Gasteiger partial charge in [-0.2, -0.15) is 0 Å². The van der Waals surface area contributed by atoms with Gasteiger partial charge in [-0.25, -0.2) is 0 Å². The first kappa shape index (κ1) is 15.0. The van der Waals surface area contributed by atoms with Crippen LogP contribution in [0.15, 0.2) is 0 Å². The lowest BCUT2D eigenvalue weighted by Gasteiger charge is -2.23. The van der Waals surface area contributed by atoms with Crippen LogP contribution in [-0.2, 0) is 0 Å². The first-order valence-electron chi connectivity index (χ1n) is 7.52. The highest BCUT2D eigenvalue weighted by Gasteiger charge is 2.11. The first-order chi connectivity index (χ1) is 8.08. The summed E-state index contributed by atoms with van der Waals surface area (Å²) in [7, 11) is 0. The van der Waals surface area contributed by atoms with E-state index in [1.165, 1.54) is 64.6 Å². The zero-order chi connectivity index (χ0) is 12.6. The van der Waals surface area contributed by atoms with Crippen LogP contribution in [-0.4, -0.2) is 25.7 Å². The minimum atomic E-state index is 0.521. The van der Waals surface area contributed by atoms with Crippen LogP contribution in [0.25, 0.3) is 0 Å². The van der Waals surface area contributed by atoms with Crippen molar-refractivity contribution in [3.8, 4) is 0 Å². The Balaban J connectivity index is 1.84. The van der Waals surface area contributed by atoms with Crippen molar-refractivity contribution in [1.82, 2.24) is 10.6 Å². The molecule has 1 fully saturated rings. The van der Waals surface area contributed by atoms with E-state index in [1.807, 2.05) is 0 Å². The molecule has 0 saturated carbocycles. The number of piperidine rings is 1. The van der Waals surface area contributed by atoms with E-state index in [2.05, 4.69) is 31.4 Å². The maximum Gasteiger partial charge on any atom is 0.00912 e. The van der Waals surface area contributed by atoms with Gasteiger partial charge in [0.15, 0.2) is 0 Å². The van der Waals surface area contributed by atoms with Crippen LogP contribution >= 0.6 is 0 Å². The van der Waals surface area contributed by atoms with Crippen molar-refractivity contribution in [2.45, 2.75) is 71.8 Å². The normalized spacial score (nSPS) is 18.5. The smallest absolute Gasteiger partial charge is 0.00912 e. The van der Waals surface area contributed by atoms with Crippen LogP contribution in [0.4, 0.5) is 0 Å². The van der Waals surface area contributed by atoms with Crippen molar-refractivity contribution in [2.24, 2.45) is 5.41 Å². The molecule has 0 unspecified atom stereocenters. The summed E-state index contributed by atoms with van der Waals surface area (Å²) < 4.78 is 0. The Morgan fingerprint density at radius 3 is 2.29 bits per heavy atom. The van der Waals surface area contributed by atoms with Crippen molar-refractivity contribution >= 4 is 0 Å². The van der Waals surface area contributed by atoms with E-state index in [1.54, 1.807) is 0 Å². The lowest BCUT2D eigenvalue weighted by molar-refractivity contribution is 0.353. The summed E-state index contributed by atoms with van der Waals surface area (Å²) in [5.74, 6) is 0. The van der Waals surface area contributed by atoms with Gasteiger partial charge in [-0.1, -0.05) is 40.0 Å². The number of rotatable bonds is 7. The predicted octanol–water partition coefficient (Wildman–Crippen LogP) is 3.32. The largest absolute Gasteiger partial charge is 0.317 e. The molecule has 1 aliphatic rings. The van der Waals surface area contributed by atoms with E-state index in [9.17, 15) is 0 Å². The van der Waals surface area contributed by atoms with Gasteiger partial charge in [-0.3, -0.25) is 0 Å². The molecule has 2 N–H and O–H groups in total. The summed E-state index contributed by atoms with van der Waals surface area (Å²) in [5.41, 5.74) is 0.521. The summed E-state index contributed by atoms with van der Waals surface area (Å²) in [4.78, 5) is 0. The van der Waals surface area contributed by atoms with Gasteiger partial charge in [0.1, 0.15) is 0 Å². The van der Waals surface area contributed by atoms with Crippen LogP contribution < -0.4 is 10.6 Å². The third-order valence-electron chi connectivity index (χ3n) is 3.63. The molecular formula is C15H32N2. The topological polar surface area (TPSA) is 24.1 Å². The fourth-order valence-corrected chi connectivity index (χ4v) is 2.47. The van der Waals surface area contributed by atoms with Gasteiger partial charge < -0.3 is 10.6 Å². The highest BCUT2D eigenvalue weighted by Crippen LogP contribution is 2.22. The molecule has 0 bridgehead atoms. The van der Waals surface area contributed by atoms with Crippen molar-refractivity contribution in [3.63, 3.8) is 0 Å². The van der Waals surface area contributed by atoms with Crippen molar-refractivity contribution < 1.29 is 0 Å². The third kappa shape index (κ3) is 8.62. The zero-order valence-corrected chi connectivity index (χ0v) is 12.1. The van der Waals surface area contributed by atoms with E-state index in [0.29, 0.717) is 5.41 Å². The quantitative estimate of drug-likeness (QED) is 0.667. The molecule has 0 amide bonds. The monoisotopic (exact) mass is 240 g/mol. The van der Waals surface area contributed by atoms with Gasteiger partial charge in [-0.15, -0.1) is 0 Å². The number of unbranched alkanes of at least 4 members (excludes halogenated alkanes) is 3. The highest BCUT2D eigenvalue weighted by atomic mass is 15.0. The van der Waals surface area contributed by atoms with E-state index in [0.717, 1.165) is 6.04 Å². The fraction of sp³-hybridized carbons (Fsp3) is 1.00. The molecule has 0 aromatic heterocycles. The second-order valence-electron chi connectivity index (χ2n) is 6.70. The van der Waals surface area contributed by atoms with Crippen molar-refractivity contribution in [2.75, 3.05) is 19.6 Å². The van der Waals surface area contributed by atoms with Crippen molar-refractivity contribution in [1.29, 1.82) is 0 Å². The SMILES string of the molecule is CC(C)(C)CCCCCCNC1CCNCC1. The lowest BCUT2D eigenvalue weighted by Crippen LogP contribution is -2.40. The average molecular weight is 240 g/mol. The standard InChI is InChI=1S/C15H32N2/c1-15(2,3)10-6-4-5-7-11-17-14-8-12-16-13-9-14/h14,16-17H,4-13H2,1-3H3. The summed E-state index contributed by atoms with van der Waals surface area (Å²) in [6.45, 7) is 10.6. The van der Waals surface area contributed by atoms with E-state index in [4.69, 9.17) is 0 Å². The van der Waals surface area contributed by atoms with Gasteiger partial charge in [0.25, 0.3) is 0 Å². The minimum Gasteiger partial charge on any atom is -0.317 e. The van der Waals surface area contributed by atoms with Crippen LogP contribution in [0.3, 0.4) is 0 Å². The molecule has 17 heavy (non-hydrogen) atoms. The van der Waals surface area contributed by atoms with Crippen LogP contribution in [0, 0.1) is 5.41 Å². The van der Waals surface area contributed by atoms with Gasteiger partial charge >= 0.3 is 0 Å². The maximum atomic E-state index is 3.69. The molecule has 102 valence electrons. The first-order valence-corrected chi connectivity index (χ1v) is 7.52. The molecule has 1 saturated heterocycles. The Morgan fingerprint density at radius 2 is 1.65 bits per heavy atom. The molecule has 0 aromatic carbocycles. The molecule has 0 aliphatic carbocycles. The third-order valence-corrected chi connectivity index (χ3v) is 3.63. The Morgan fingerprint density at radius 1 is 1.00 bits per heavy atom. The fourth-order valence-electron chi connectivity index (χ4n) is 2.47. The molecule has 2 heteroatoms. The van der Waals surface area contributed by atoms with Crippen LogP contribution in [0.5, 0.6) is 0 Å². The Hall–Kier alpha value is -0.0800. The second kappa shape index (κ2) is 8.10. The molecule has 0 radical (unpaired) electrons. The molecule has 2 nitrogen and oxygen atoms in total. The lowest BCUT2D eigenvalue weighted by atomic mass is 9.89. The van der Waals surface area contributed by atoms with Crippen LogP contribution in [0.2, 0.25) is 0 Å². The Labute approximate surface area is 108 Å². The summed E-state index contributed by atoms with van der Waals surface area (Å²) in [6, 6.07) is 0.783. The van der Waals surface area contributed by atoms with Gasteiger partial charge in [0.05, 0.1) is 0 Å². The van der Waals surface area contributed by atoms with E-state index >= 15 is 0 Å². The van der Waals surface area contributed by atoms with Gasteiger partial charge in [0, 0.05) is 6.04 Å². The molecule has 0 aromatic rings. The van der Waals surface area contributed by atoms with E-state index in [-0.39, 0.29) is 0 Å². The molecule has 0 atom stereocenters. The molecule has 1 heterocycles. The minimum absolute atomic E-state index is 0.521. The Bertz CT molecular complexity index is 178. The summed E-state index contributed by atoms with van der Waals surface area (Å²) >= 11 is 0. The maximum absolute atomic E-state index is 3.69. The molecule has 1 aliphatic heterocycles. The van der Waals surface area contributed by atoms with E-state index < -0.39 is 0 Å². The second-order valence-corrected chi connectivity index (χ2v) is 6.70. The predicted molar refractivity (Wildman–Crippen MR) is 76.4 cm³/mol. The summed E-state index contributed by atoms with van der Waals surface area (Å²) in [6.07, 6.45) is 9.55. The number of hydrogen-bond donors (Lipinski definition) is 2.